The summed E-state index contributed by atoms with van der Waals surface area (Å²) in [6.07, 6.45) is 6.37. The van der Waals surface area contributed by atoms with E-state index in [1.807, 2.05) is 0 Å². The molecule has 76 valence electrons. The molecule has 0 bridgehead atoms. The summed E-state index contributed by atoms with van der Waals surface area (Å²) in [7, 11) is 0. The third-order valence-electron chi connectivity index (χ3n) is 1.51. The monoisotopic (exact) mass is 186 g/mol. The summed E-state index contributed by atoms with van der Waals surface area (Å²) in [5, 5.41) is 8.44. The third kappa shape index (κ3) is 9.08. The van der Waals surface area contributed by atoms with Crippen LogP contribution >= 0.6 is 0 Å². The molecule has 0 aromatic rings. The second-order valence-corrected chi connectivity index (χ2v) is 2.76. The number of carbonyl (C=O) groups excluding carboxylic acids is 1. The molecule has 13 heavy (non-hydrogen) atoms. The molecule has 1 N–H and O–H groups in total. The van der Waals surface area contributed by atoms with Crippen molar-refractivity contribution in [3.63, 3.8) is 0 Å². The Hall–Kier alpha value is -0.830. The lowest BCUT2D eigenvalue weighted by molar-refractivity contribution is -0.142. The van der Waals surface area contributed by atoms with Gasteiger partial charge in [0.05, 0.1) is 13.0 Å². The highest BCUT2D eigenvalue weighted by atomic mass is 16.5. The molecule has 0 aromatic carbocycles. The van der Waals surface area contributed by atoms with Crippen LogP contribution in [0.15, 0.2) is 12.2 Å². The van der Waals surface area contributed by atoms with Crippen molar-refractivity contribution in [1.82, 2.24) is 0 Å². The van der Waals surface area contributed by atoms with Crippen molar-refractivity contribution in [2.45, 2.75) is 32.6 Å². The van der Waals surface area contributed by atoms with Gasteiger partial charge in [-0.25, -0.2) is 0 Å². The Bertz CT molecular complexity index is 152. The predicted molar refractivity (Wildman–Crippen MR) is 51.3 cm³/mol. The molecule has 3 heteroatoms. The molecule has 0 aliphatic rings. The predicted octanol–water partition coefficient (Wildman–Crippen LogP) is 1.66. The SMILES string of the molecule is CCCCOC(=O)CC=CCCO. The largest absolute Gasteiger partial charge is 0.465 e. The second-order valence-electron chi connectivity index (χ2n) is 2.76. The van der Waals surface area contributed by atoms with E-state index in [1.165, 1.54) is 0 Å². The highest BCUT2D eigenvalue weighted by molar-refractivity contribution is 5.71. The van der Waals surface area contributed by atoms with Crippen LogP contribution in [0.3, 0.4) is 0 Å². The van der Waals surface area contributed by atoms with Gasteiger partial charge in [0.15, 0.2) is 0 Å². The molecule has 0 saturated carbocycles. The lowest BCUT2D eigenvalue weighted by atomic mass is 10.3. The van der Waals surface area contributed by atoms with Crippen LogP contribution in [-0.2, 0) is 9.53 Å². The minimum absolute atomic E-state index is 0.126. The maximum Gasteiger partial charge on any atom is 0.309 e. The van der Waals surface area contributed by atoms with E-state index in [0.29, 0.717) is 19.4 Å². The van der Waals surface area contributed by atoms with Gasteiger partial charge in [0.2, 0.25) is 0 Å². The zero-order valence-corrected chi connectivity index (χ0v) is 8.16. The Morgan fingerprint density at radius 3 is 2.85 bits per heavy atom. The summed E-state index contributed by atoms with van der Waals surface area (Å²) >= 11 is 0. The summed E-state index contributed by atoms with van der Waals surface area (Å²) in [5.41, 5.74) is 0. The fourth-order valence-corrected chi connectivity index (χ4v) is 0.761. The lowest BCUT2D eigenvalue weighted by Gasteiger charge is -2.00. The van der Waals surface area contributed by atoms with Gasteiger partial charge in [-0.3, -0.25) is 4.79 Å². The summed E-state index contributed by atoms with van der Waals surface area (Å²) in [6, 6.07) is 0. The van der Waals surface area contributed by atoms with Crippen LogP contribution in [0.2, 0.25) is 0 Å². The normalized spacial score (nSPS) is 10.6. The van der Waals surface area contributed by atoms with Crippen molar-refractivity contribution in [3.8, 4) is 0 Å². The second kappa shape index (κ2) is 9.26. The first kappa shape index (κ1) is 12.2. The molecule has 0 aliphatic heterocycles. The highest BCUT2D eigenvalue weighted by Gasteiger charge is 1.97. The molecule has 0 spiro atoms. The number of aliphatic hydroxyl groups excluding tert-OH is 1. The zero-order valence-electron chi connectivity index (χ0n) is 8.16. The molecule has 3 nitrogen and oxygen atoms in total. The Labute approximate surface area is 79.4 Å². The Morgan fingerprint density at radius 1 is 1.46 bits per heavy atom. The van der Waals surface area contributed by atoms with Crippen LogP contribution < -0.4 is 0 Å². The van der Waals surface area contributed by atoms with Gasteiger partial charge in [-0.05, 0) is 12.8 Å². The van der Waals surface area contributed by atoms with E-state index in [1.54, 1.807) is 12.2 Å². The van der Waals surface area contributed by atoms with Crippen LogP contribution in [0, 0.1) is 0 Å². The minimum Gasteiger partial charge on any atom is -0.465 e. The van der Waals surface area contributed by atoms with Crippen molar-refractivity contribution in [2.75, 3.05) is 13.2 Å². The highest BCUT2D eigenvalue weighted by Crippen LogP contribution is 1.93. The van der Waals surface area contributed by atoms with Gasteiger partial charge >= 0.3 is 5.97 Å². The lowest BCUT2D eigenvalue weighted by Crippen LogP contribution is -2.03. The zero-order chi connectivity index (χ0) is 9.94. The van der Waals surface area contributed by atoms with E-state index in [-0.39, 0.29) is 12.6 Å². The molecule has 0 heterocycles. The summed E-state index contributed by atoms with van der Waals surface area (Å²) in [5.74, 6) is -0.192. The van der Waals surface area contributed by atoms with Crippen molar-refractivity contribution >= 4 is 5.97 Å². The average molecular weight is 186 g/mol. The maximum absolute atomic E-state index is 10.9. The van der Waals surface area contributed by atoms with Gasteiger partial charge in [0.25, 0.3) is 0 Å². The van der Waals surface area contributed by atoms with Crippen LogP contribution in [0.4, 0.5) is 0 Å². The molecule has 0 aromatic heterocycles. The molecule has 0 saturated heterocycles. The standard InChI is InChI=1S/C10H18O3/c1-2-3-9-13-10(12)7-5-4-6-8-11/h4-5,11H,2-3,6-9H2,1H3. The number of hydrogen-bond donors (Lipinski definition) is 1. The number of esters is 1. The Kier molecular flexibility index (Phi) is 8.67. The fraction of sp³-hybridized carbons (Fsp3) is 0.700. The Morgan fingerprint density at radius 2 is 2.23 bits per heavy atom. The fourth-order valence-electron chi connectivity index (χ4n) is 0.761. The van der Waals surface area contributed by atoms with Crippen LogP contribution in [0.1, 0.15) is 32.6 Å². The van der Waals surface area contributed by atoms with Crippen molar-refractivity contribution in [3.05, 3.63) is 12.2 Å². The van der Waals surface area contributed by atoms with E-state index in [4.69, 9.17) is 9.84 Å². The van der Waals surface area contributed by atoms with E-state index in [9.17, 15) is 4.79 Å². The van der Waals surface area contributed by atoms with Crippen molar-refractivity contribution in [1.29, 1.82) is 0 Å². The first-order chi connectivity index (χ1) is 6.31. The van der Waals surface area contributed by atoms with E-state index in [0.717, 1.165) is 12.8 Å². The van der Waals surface area contributed by atoms with Crippen molar-refractivity contribution < 1.29 is 14.6 Å². The molecule has 0 amide bonds. The molecule has 0 aliphatic carbocycles. The summed E-state index contributed by atoms with van der Waals surface area (Å²) in [6.45, 7) is 2.69. The minimum atomic E-state index is -0.192. The number of unbranched alkanes of at least 4 members (excludes halogenated alkanes) is 1. The smallest absolute Gasteiger partial charge is 0.309 e. The van der Waals surface area contributed by atoms with Gasteiger partial charge < -0.3 is 9.84 Å². The number of aliphatic hydroxyl groups is 1. The van der Waals surface area contributed by atoms with Crippen molar-refractivity contribution in [2.24, 2.45) is 0 Å². The molecule has 0 rings (SSSR count). The molecule has 0 fully saturated rings. The van der Waals surface area contributed by atoms with Gasteiger partial charge in [0, 0.05) is 6.61 Å². The van der Waals surface area contributed by atoms with E-state index in [2.05, 4.69) is 6.92 Å². The molecule has 0 unspecified atom stereocenters. The third-order valence-corrected chi connectivity index (χ3v) is 1.51. The average Bonchev–Trinajstić information content (AvgIpc) is 2.13. The molecule has 0 atom stereocenters. The number of ether oxygens (including phenoxy) is 1. The first-order valence-electron chi connectivity index (χ1n) is 4.72. The molecule has 0 radical (unpaired) electrons. The number of rotatable bonds is 7. The van der Waals surface area contributed by atoms with Gasteiger partial charge in [-0.2, -0.15) is 0 Å². The van der Waals surface area contributed by atoms with E-state index >= 15 is 0 Å². The quantitative estimate of drug-likeness (QED) is 0.373. The molecular weight excluding hydrogens is 168 g/mol. The maximum atomic E-state index is 10.9. The number of carbonyl (C=O) groups is 1. The van der Waals surface area contributed by atoms with Crippen LogP contribution in [0.25, 0.3) is 0 Å². The first-order valence-corrected chi connectivity index (χ1v) is 4.72. The topological polar surface area (TPSA) is 46.5 Å². The van der Waals surface area contributed by atoms with Crippen LogP contribution in [0.5, 0.6) is 0 Å². The van der Waals surface area contributed by atoms with E-state index < -0.39 is 0 Å². The molecular formula is C10H18O3. The summed E-state index contributed by atoms with van der Waals surface area (Å²) in [4.78, 5) is 10.9. The summed E-state index contributed by atoms with van der Waals surface area (Å²) < 4.78 is 4.91. The van der Waals surface area contributed by atoms with Gasteiger partial charge in [0.1, 0.15) is 0 Å². The van der Waals surface area contributed by atoms with Crippen LogP contribution in [-0.4, -0.2) is 24.3 Å². The number of hydrogen-bond acceptors (Lipinski definition) is 3. The van der Waals surface area contributed by atoms with Gasteiger partial charge in [-0.15, -0.1) is 0 Å². The Balaban J connectivity index is 3.29. The van der Waals surface area contributed by atoms with Gasteiger partial charge in [-0.1, -0.05) is 25.5 Å².